The maximum Gasteiger partial charge on any atom is 0.274 e. The van der Waals surface area contributed by atoms with Crippen molar-refractivity contribution in [1.82, 2.24) is 19.6 Å². The smallest absolute Gasteiger partial charge is 0.274 e. The number of likely N-dealkylation sites (tertiary alicyclic amines) is 2. The number of para-hydroxylation sites is 1. The molecule has 0 atom stereocenters. The highest BCUT2D eigenvalue weighted by atomic mass is 16.5. The van der Waals surface area contributed by atoms with E-state index in [9.17, 15) is 14.4 Å². The second kappa shape index (κ2) is 11.1. The lowest BCUT2D eigenvalue weighted by atomic mass is 9.95. The first-order chi connectivity index (χ1) is 16.1. The van der Waals surface area contributed by atoms with Gasteiger partial charge in [0.25, 0.3) is 11.5 Å². The number of amides is 2. The molecule has 176 valence electrons. The quantitative estimate of drug-likeness (QED) is 0.673. The molecule has 8 heteroatoms. The molecule has 2 aromatic rings. The van der Waals surface area contributed by atoms with Crippen LogP contribution in [0.3, 0.4) is 0 Å². The standard InChI is InChI=1S/C25H32N4O4/c30-23-11-10-22(26-29(23)18-19-33-21-8-4-3-5-9-21)25(32)28-16-12-20(13-17-28)24(31)27-14-6-1-2-7-15-27/h3-5,8-11,20H,1-2,6-7,12-19H2. The van der Waals surface area contributed by atoms with Gasteiger partial charge in [0.2, 0.25) is 5.91 Å². The molecule has 1 aromatic heterocycles. The first-order valence-electron chi connectivity index (χ1n) is 12.0. The van der Waals surface area contributed by atoms with Crippen molar-refractivity contribution >= 4 is 11.8 Å². The van der Waals surface area contributed by atoms with Gasteiger partial charge in [0.05, 0.1) is 6.54 Å². The van der Waals surface area contributed by atoms with Crippen molar-refractivity contribution in [3.63, 3.8) is 0 Å². The number of nitrogens with zero attached hydrogens (tertiary/aromatic N) is 4. The molecule has 8 nitrogen and oxygen atoms in total. The van der Waals surface area contributed by atoms with E-state index in [1.807, 2.05) is 35.2 Å². The summed E-state index contributed by atoms with van der Waals surface area (Å²) in [7, 11) is 0. The monoisotopic (exact) mass is 452 g/mol. The minimum atomic E-state index is -0.273. The van der Waals surface area contributed by atoms with Gasteiger partial charge in [0.15, 0.2) is 0 Å². The van der Waals surface area contributed by atoms with E-state index in [4.69, 9.17) is 4.74 Å². The summed E-state index contributed by atoms with van der Waals surface area (Å²) in [6.45, 7) is 3.30. The highest BCUT2D eigenvalue weighted by Crippen LogP contribution is 2.22. The Hall–Kier alpha value is -3.16. The van der Waals surface area contributed by atoms with Crippen molar-refractivity contribution in [2.24, 2.45) is 5.92 Å². The van der Waals surface area contributed by atoms with Crippen LogP contribution in [0.2, 0.25) is 0 Å². The van der Waals surface area contributed by atoms with E-state index in [0.717, 1.165) is 31.7 Å². The molecular formula is C25H32N4O4. The summed E-state index contributed by atoms with van der Waals surface area (Å²) in [5.74, 6) is 0.752. The molecule has 0 radical (unpaired) electrons. The van der Waals surface area contributed by atoms with E-state index in [2.05, 4.69) is 5.10 Å². The van der Waals surface area contributed by atoms with Crippen LogP contribution in [0.4, 0.5) is 0 Å². The molecular weight excluding hydrogens is 420 g/mol. The Morgan fingerprint density at radius 1 is 0.879 bits per heavy atom. The Balaban J connectivity index is 1.31. The molecule has 0 bridgehead atoms. The molecule has 3 heterocycles. The van der Waals surface area contributed by atoms with E-state index in [-0.39, 0.29) is 42.1 Å². The van der Waals surface area contributed by atoms with Gasteiger partial charge in [-0.25, -0.2) is 4.68 Å². The molecule has 4 rings (SSSR count). The third-order valence-corrected chi connectivity index (χ3v) is 6.45. The predicted octanol–water partition coefficient (Wildman–Crippen LogP) is 2.58. The molecule has 0 saturated carbocycles. The zero-order chi connectivity index (χ0) is 23.0. The minimum Gasteiger partial charge on any atom is -0.492 e. The van der Waals surface area contributed by atoms with Crippen LogP contribution in [0.5, 0.6) is 5.75 Å². The van der Waals surface area contributed by atoms with Gasteiger partial charge in [-0.05, 0) is 43.9 Å². The van der Waals surface area contributed by atoms with Crippen LogP contribution in [0, 0.1) is 5.92 Å². The highest BCUT2D eigenvalue weighted by molar-refractivity contribution is 5.92. The van der Waals surface area contributed by atoms with Crippen molar-refractivity contribution in [3.8, 4) is 5.75 Å². The summed E-state index contributed by atoms with van der Waals surface area (Å²) in [5, 5.41) is 4.27. The lowest BCUT2D eigenvalue weighted by molar-refractivity contribution is -0.136. The number of aromatic nitrogens is 2. The van der Waals surface area contributed by atoms with Crippen LogP contribution in [-0.2, 0) is 11.3 Å². The molecule has 2 amide bonds. The summed E-state index contributed by atoms with van der Waals surface area (Å²) in [4.78, 5) is 41.8. The molecule has 2 aliphatic rings. The number of hydrogen-bond donors (Lipinski definition) is 0. The molecule has 2 aliphatic heterocycles. The van der Waals surface area contributed by atoms with Gasteiger partial charge >= 0.3 is 0 Å². The lowest BCUT2D eigenvalue weighted by Gasteiger charge is -2.34. The Bertz CT molecular complexity index is 991. The molecule has 1 aromatic carbocycles. The van der Waals surface area contributed by atoms with E-state index in [1.165, 1.54) is 29.7 Å². The van der Waals surface area contributed by atoms with Gasteiger partial charge in [0, 0.05) is 38.2 Å². The molecule has 0 unspecified atom stereocenters. The molecule has 0 spiro atoms. The normalized spacial score (nSPS) is 17.5. The first-order valence-corrected chi connectivity index (χ1v) is 12.0. The highest BCUT2D eigenvalue weighted by Gasteiger charge is 2.31. The fourth-order valence-corrected chi connectivity index (χ4v) is 4.53. The maximum atomic E-state index is 13.0. The first kappa shape index (κ1) is 23.0. The Kier molecular flexibility index (Phi) is 7.75. The third kappa shape index (κ3) is 6.00. The van der Waals surface area contributed by atoms with Gasteiger partial charge in [-0.15, -0.1) is 0 Å². The summed E-state index contributed by atoms with van der Waals surface area (Å²) in [6, 6.07) is 12.2. The fraction of sp³-hybridized carbons (Fsp3) is 0.520. The number of rotatable bonds is 6. The van der Waals surface area contributed by atoms with E-state index in [1.54, 1.807) is 4.90 Å². The summed E-state index contributed by atoms with van der Waals surface area (Å²) < 4.78 is 6.91. The van der Waals surface area contributed by atoms with E-state index >= 15 is 0 Å². The SMILES string of the molecule is O=C(c1ccc(=O)n(CCOc2ccccc2)n1)N1CCC(C(=O)N2CCCCCC2)CC1. The van der Waals surface area contributed by atoms with Gasteiger partial charge in [-0.1, -0.05) is 31.0 Å². The Labute approximate surface area is 194 Å². The molecule has 0 aliphatic carbocycles. The second-order valence-electron chi connectivity index (χ2n) is 8.75. The van der Waals surface area contributed by atoms with Crippen molar-refractivity contribution < 1.29 is 14.3 Å². The molecule has 33 heavy (non-hydrogen) atoms. The fourth-order valence-electron chi connectivity index (χ4n) is 4.53. The van der Waals surface area contributed by atoms with Crippen LogP contribution >= 0.6 is 0 Å². The van der Waals surface area contributed by atoms with Gasteiger partial charge < -0.3 is 14.5 Å². The largest absolute Gasteiger partial charge is 0.492 e. The van der Waals surface area contributed by atoms with Crippen molar-refractivity contribution in [2.45, 2.75) is 45.1 Å². The lowest BCUT2D eigenvalue weighted by Crippen LogP contribution is -2.45. The Morgan fingerprint density at radius 3 is 2.27 bits per heavy atom. The average Bonchev–Trinajstić information content (AvgIpc) is 3.15. The topological polar surface area (TPSA) is 84.7 Å². The zero-order valence-corrected chi connectivity index (χ0v) is 19.0. The number of piperidine rings is 1. The van der Waals surface area contributed by atoms with Gasteiger partial charge in [0.1, 0.15) is 18.1 Å². The maximum absolute atomic E-state index is 13.0. The predicted molar refractivity (Wildman–Crippen MR) is 124 cm³/mol. The average molecular weight is 453 g/mol. The number of hydrogen-bond acceptors (Lipinski definition) is 5. The summed E-state index contributed by atoms with van der Waals surface area (Å²) >= 11 is 0. The van der Waals surface area contributed by atoms with Crippen LogP contribution in [0.25, 0.3) is 0 Å². The summed E-state index contributed by atoms with van der Waals surface area (Å²) in [6.07, 6.45) is 5.91. The minimum absolute atomic E-state index is 0.0100. The van der Waals surface area contributed by atoms with Gasteiger partial charge in [-0.3, -0.25) is 14.4 Å². The van der Waals surface area contributed by atoms with Gasteiger partial charge in [-0.2, -0.15) is 5.10 Å². The number of carbonyl (C=O) groups is 2. The third-order valence-electron chi connectivity index (χ3n) is 6.45. The van der Waals surface area contributed by atoms with Crippen molar-refractivity contribution in [2.75, 3.05) is 32.8 Å². The number of ether oxygens (including phenoxy) is 1. The van der Waals surface area contributed by atoms with Crippen molar-refractivity contribution in [1.29, 1.82) is 0 Å². The van der Waals surface area contributed by atoms with Crippen molar-refractivity contribution in [3.05, 3.63) is 58.5 Å². The van der Waals surface area contributed by atoms with E-state index < -0.39 is 0 Å². The molecule has 0 N–H and O–H groups in total. The number of benzene rings is 1. The summed E-state index contributed by atoms with van der Waals surface area (Å²) in [5.41, 5.74) is -0.0310. The van der Waals surface area contributed by atoms with Crippen LogP contribution in [0.15, 0.2) is 47.3 Å². The number of carbonyl (C=O) groups excluding carboxylic acids is 2. The van der Waals surface area contributed by atoms with Crippen LogP contribution in [-0.4, -0.2) is 64.2 Å². The Morgan fingerprint density at radius 2 is 1.58 bits per heavy atom. The molecule has 2 saturated heterocycles. The molecule has 2 fully saturated rings. The second-order valence-corrected chi connectivity index (χ2v) is 8.75. The zero-order valence-electron chi connectivity index (χ0n) is 19.0. The van der Waals surface area contributed by atoms with Crippen LogP contribution in [0.1, 0.15) is 49.0 Å². The van der Waals surface area contributed by atoms with Crippen LogP contribution < -0.4 is 10.3 Å². The van der Waals surface area contributed by atoms with E-state index in [0.29, 0.717) is 25.9 Å².